The lowest BCUT2D eigenvalue weighted by Gasteiger charge is -2.15. The first-order valence-corrected chi connectivity index (χ1v) is 9.51. The van der Waals surface area contributed by atoms with Crippen LogP contribution in [0.4, 0.5) is 0 Å². The summed E-state index contributed by atoms with van der Waals surface area (Å²) in [6, 6.07) is 8.27. The molecule has 0 spiro atoms. The van der Waals surface area contributed by atoms with Gasteiger partial charge in [-0.05, 0) is 30.5 Å². The highest BCUT2D eigenvalue weighted by atomic mass is 32.1. The third-order valence-electron chi connectivity index (χ3n) is 4.49. The summed E-state index contributed by atoms with van der Waals surface area (Å²) in [4.78, 5) is 16.9. The van der Waals surface area contributed by atoms with Crippen LogP contribution in [0.2, 0.25) is 0 Å². The molecule has 2 aromatic rings. The topological polar surface area (TPSA) is 51.2 Å². The van der Waals surface area contributed by atoms with Crippen molar-refractivity contribution in [3.05, 3.63) is 45.9 Å². The van der Waals surface area contributed by atoms with Gasteiger partial charge in [-0.25, -0.2) is 4.98 Å². The average molecular weight is 344 g/mol. The highest BCUT2D eigenvalue weighted by Gasteiger charge is 2.17. The molecule has 5 heteroatoms. The second kappa shape index (κ2) is 8.29. The molecule has 1 heterocycles. The lowest BCUT2D eigenvalue weighted by molar-refractivity contribution is 0.0929. The first-order chi connectivity index (χ1) is 11.7. The Balaban J connectivity index is 1.58. The maximum Gasteiger partial charge on any atom is 0.270 e. The van der Waals surface area contributed by atoms with Crippen molar-refractivity contribution < 1.29 is 9.53 Å². The minimum atomic E-state index is -0.0286. The molecule has 1 aliphatic carbocycles. The fourth-order valence-electron chi connectivity index (χ4n) is 3.10. The number of methoxy groups -OCH3 is 1. The number of hydrogen-bond acceptors (Lipinski definition) is 4. The van der Waals surface area contributed by atoms with E-state index in [1.165, 1.54) is 31.2 Å². The number of aromatic nitrogens is 1. The van der Waals surface area contributed by atoms with Gasteiger partial charge < -0.3 is 10.1 Å². The highest BCUT2D eigenvalue weighted by Crippen LogP contribution is 2.20. The van der Waals surface area contributed by atoms with Crippen LogP contribution < -0.4 is 10.1 Å². The van der Waals surface area contributed by atoms with Crippen molar-refractivity contribution in [2.24, 2.45) is 0 Å². The zero-order valence-corrected chi connectivity index (χ0v) is 14.9. The molecule has 0 radical (unpaired) electrons. The molecule has 128 valence electrons. The average Bonchev–Trinajstić information content (AvgIpc) is 2.92. The minimum Gasteiger partial charge on any atom is -0.497 e. The van der Waals surface area contributed by atoms with Crippen LogP contribution in [-0.2, 0) is 6.42 Å². The fraction of sp³-hybridized carbons (Fsp3) is 0.474. The summed E-state index contributed by atoms with van der Waals surface area (Å²) in [6.45, 7) is 0. The summed E-state index contributed by atoms with van der Waals surface area (Å²) in [5.74, 6) is 0.820. The van der Waals surface area contributed by atoms with Crippen LogP contribution in [0.5, 0.6) is 5.75 Å². The Hall–Kier alpha value is -1.88. The second-order valence-corrected chi connectivity index (χ2v) is 7.26. The van der Waals surface area contributed by atoms with E-state index >= 15 is 0 Å². The SMILES string of the molecule is COc1ccc(Cc2nc(C(=O)NC3CCCCCC3)cs2)cc1. The molecule has 0 saturated heterocycles. The summed E-state index contributed by atoms with van der Waals surface area (Å²) >= 11 is 1.55. The summed E-state index contributed by atoms with van der Waals surface area (Å²) in [6.07, 6.45) is 7.92. The Morgan fingerprint density at radius 3 is 2.58 bits per heavy atom. The second-order valence-electron chi connectivity index (χ2n) is 6.31. The molecule has 1 aromatic carbocycles. The van der Waals surface area contributed by atoms with Crippen LogP contribution in [0.15, 0.2) is 29.6 Å². The molecule has 1 amide bonds. The van der Waals surface area contributed by atoms with Crippen LogP contribution in [0.3, 0.4) is 0 Å². The lowest BCUT2D eigenvalue weighted by atomic mass is 10.1. The molecule has 3 rings (SSSR count). The molecule has 1 fully saturated rings. The number of carbonyl (C=O) groups excluding carboxylic acids is 1. The summed E-state index contributed by atoms with van der Waals surface area (Å²) < 4.78 is 5.17. The molecule has 1 N–H and O–H groups in total. The Labute approximate surface area is 147 Å². The van der Waals surface area contributed by atoms with E-state index in [-0.39, 0.29) is 5.91 Å². The van der Waals surface area contributed by atoms with Crippen molar-refractivity contribution in [2.75, 3.05) is 7.11 Å². The standard InChI is InChI=1S/C19H24N2O2S/c1-23-16-10-8-14(9-11-16)12-18-21-17(13-24-18)19(22)20-15-6-4-2-3-5-7-15/h8-11,13,15H,2-7,12H2,1H3,(H,20,22). The molecule has 0 aliphatic heterocycles. The maximum atomic E-state index is 12.4. The van der Waals surface area contributed by atoms with Gasteiger partial charge in [0.15, 0.2) is 0 Å². The molecular weight excluding hydrogens is 320 g/mol. The van der Waals surface area contributed by atoms with Crippen LogP contribution in [0, 0.1) is 0 Å². The zero-order chi connectivity index (χ0) is 16.8. The fourth-order valence-corrected chi connectivity index (χ4v) is 3.91. The molecule has 1 saturated carbocycles. The molecule has 4 nitrogen and oxygen atoms in total. The molecular formula is C19H24N2O2S. The van der Waals surface area contributed by atoms with E-state index in [2.05, 4.69) is 10.3 Å². The molecule has 1 aromatic heterocycles. The van der Waals surface area contributed by atoms with Crippen LogP contribution in [0.1, 0.15) is 59.6 Å². The van der Waals surface area contributed by atoms with Crippen LogP contribution in [-0.4, -0.2) is 24.0 Å². The third kappa shape index (κ3) is 4.57. The summed E-state index contributed by atoms with van der Waals surface area (Å²) in [5.41, 5.74) is 1.72. The van der Waals surface area contributed by atoms with E-state index < -0.39 is 0 Å². The lowest BCUT2D eigenvalue weighted by Crippen LogP contribution is -2.34. The molecule has 0 bridgehead atoms. The van der Waals surface area contributed by atoms with Gasteiger partial charge in [0.05, 0.1) is 12.1 Å². The van der Waals surface area contributed by atoms with Crippen LogP contribution in [0.25, 0.3) is 0 Å². The minimum absolute atomic E-state index is 0.0286. The number of carbonyl (C=O) groups is 1. The van der Waals surface area contributed by atoms with E-state index in [0.717, 1.165) is 30.0 Å². The number of ether oxygens (including phenoxy) is 1. The smallest absolute Gasteiger partial charge is 0.270 e. The number of thiazole rings is 1. The first-order valence-electron chi connectivity index (χ1n) is 8.63. The van der Waals surface area contributed by atoms with Crippen molar-refractivity contribution >= 4 is 17.2 Å². The molecule has 1 aliphatic rings. The van der Waals surface area contributed by atoms with Gasteiger partial charge in [0.25, 0.3) is 5.91 Å². The molecule has 24 heavy (non-hydrogen) atoms. The van der Waals surface area contributed by atoms with Gasteiger partial charge >= 0.3 is 0 Å². The van der Waals surface area contributed by atoms with Crippen LogP contribution >= 0.6 is 11.3 Å². The van der Waals surface area contributed by atoms with Crippen molar-refractivity contribution in [1.82, 2.24) is 10.3 Å². The number of rotatable bonds is 5. The van der Waals surface area contributed by atoms with Gasteiger partial charge in [-0.2, -0.15) is 0 Å². The zero-order valence-electron chi connectivity index (χ0n) is 14.1. The Morgan fingerprint density at radius 2 is 1.92 bits per heavy atom. The van der Waals surface area contributed by atoms with Gasteiger partial charge in [-0.1, -0.05) is 37.8 Å². The van der Waals surface area contributed by atoms with E-state index in [1.54, 1.807) is 18.4 Å². The normalized spacial score (nSPS) is 15.7. The first kappa shape index (κ1) is 17.0. The van der Waals surface area contributed by atoms with E-state index in [9.17, 15) is 4.79 Å². The predicted molar refractivity (Wildman–Crippen MR) is 96.9 cm³/mol. The third-order valence-corrected chi connectivity index (χ3v) is 5.34. The van der Waals surface area contributed by atoms with Crippen molar-refractivity contribution in [2.45, 2.75) is 51.0 Å². The van der Waals surface area contributed by atoms with Crippen molar-refractivity contribution in [1.29, 1.82) is 0 Å². The number of nitrogens with one attached hydrogen (secondary N) is 1. The largest absolute Gasteiger partial charge is 0.497 e. The van der Waals surface area contributed by atoms with E-state index in [0.29, 0.717) is 11.7 Å². The van der Waals surface area contributed by atoms with E-state index in [4.69, 9.17) is 4.74 Å². The number of benzene rings is 1. The highest BCUT2D eigenvalue weighted by molar-refractivity contribution is 7.09. The molecule has 0 unspecified atom stereocenters. The number of hydrogen-bond donors (Lipinski definition) is 1. The Kier molecular flexibility index (Phi) is 5.86. The van der Waals surface area contributed by atoms with Crippen molar-refractivity contribution in [3.8, 4) is 5.75 Å². The quantitative estimate of drug-likeness (QED) is 0.827. The Bertz CT molecular complexity index is 658. The summed E-state index contributed by atoms with van der Waals surface area (Å²) in [5, 5.41) is 5.99. The van der Waals surface area contributed by atoms with Gasteiger partial charge in [-0.15, -0.1) is 11.3 Å². The number of nitrogens with zero attached hydrogens (tertiary/aromatic N) is 1. The summed E-state index contributed by atoms with van der Waals surface area (Å²) in [7, 11) is 1.66. The van der Waals surface area contributed by atoms with Gasteiger partial charge in [0, 0.05) is 17.8 Å². The van der Waals surface area contributed by atoms with Crippen molar-refractivity contribution in [3.63, 3.8) is 0 Å². The molecule has 0 atom stereocenters. The van der Waals surface area contributed by atoms with Gasteiger partial charge in [0.2, 0.25) is 0 Å². The number of amides is 1. The monoisotopic (exact) mass is 344 g/mol. The maximum absolute atomic E-state index is 12.4. The predicted octanol–water partition coefficient (Wildman–Crippen LogP) is 4.20. The van der Waals surface area contributed by atoms with E-state index in [1.807, 2.05) is 29.6 Å². The Morgan fingerprint density at radius 1 is 1.21 bits per heavy atom. The van der Waals surface area contributed by atoms with Gasteiger partial charge in [-0.3, -0.25) is 4.79 Å². The van der Waals surface area contributed by atoms with Gasteiger partial charge in [0.1, 0.15) is 11.4 Å².